The molecule has 0 aliphatic heterocycles. The molecule has 0 bridgehead atoms. The van der Waals surface area contributed by atoms with E-state index < -0.39 is 5.60 Å². The van der Waals surface area contributed by atoms with Crippen molar-refractivity contribution in [3.05, 3.63) is 0 Å². The van der Waals surface area contributed by atoms with Gasteiger partial charge in [-0.1, -0.05) is 26.7 Å². The van der Waals surface area contributed by atoms with Gasteiger partial charge in [0.2, 0.25) is 0 Å². The van der Waals surface area contributed by atoms with Crippen molar-refractivity contribution in [2.75, 3.05) is 53.5 Å². The SMILES string of the molecule is CCCC(O)(CCC)CN=C(NCC)NCCN(C)CCOC. The Morgan fingerprint density at radius 1 is 1.13 bits per heavy atom. The second-order valence-corrected chi connectivity index (χ2v) is 6.14. The van der Waals surface area contributed by atoms with E-state index in [1.165, 1.54) is 0 Å². The van der Waals surface area contributed by atoms with E-state index in [1.807, 2.05) is 6.92 Å². The molecule has 3 N–H and O–H groups in total. The van der Waals surface area contributed by atoms with E-state index in [9.17, 15) is 5.11 Å². The summed E-state index contributed by atoms with van der Waals surface area (Å²) in [5.41, 5.74) is -0.679. The van der Waals surface area contributed by atoms with Gasteiger partial charge in [0.15, 0.2) is 5.96 Å². The number of methoxy groups -OCH3 is 1. The molecule has 0 rings (SSSR count). The molecule has 0 radical (unpaired) electrons. The number of nitrogens with one attached hydrogen (secondary N) is 2. The Morgan fingerprint density at radius 2 is 1.78 bits per heavy atom. The van der Waals surface area contributed by atoms with E-state index in [0.29, 0.717) is 6.54 Å². The molecule has 0 fully saturated rings. The molecule has 0 spiro atoms. The number of ether oxygens (including phenoxy) is 1. The van der Waals surface area contributed by atoms with Gasteiger partial charge in [-0.25, -0.2) is 0 Å². The Bertz CT molecular complexity index is 305. The Labute approximate surface area is 142 Å². The van der Waals surface area contributed by atoms with Gasteiger partial charge >= 0.3 is 0 Å². The summed E-state index contributed by atoms with van der Waals surface area (Å²) < 4.78 is 5.07. The number of likely N-dealkylation sites (N-methyl/N-ethyl adjacent to an activating group) is 1. The van der Waals surface area contributed by atoms with Crippen molar-refractivity contribution in [2.45, 2.75) is 52.1 Å². The van der Waals surface area contributed by atoms with Crippen LogP contribution in [0, 0.1) is 0 Å². The van der Waals surface area contributed by atoms with Gasteiger partial charge in [0.25, 0.3) is 0 Å². The van der Waals surface area contributed by atoms with Gasteiger partial charge in [0.1, 0.15) is 0 Å². The third kappa shape index (κ3) is 11.3. The molecule has 0 aromatic carbocycles. The average Bonchev–Trinajstić information content (AvgIpc) is 2.51. The van der Waals surface area contributed by atoms with Gasteiger partial charge in [0.05, 0.1) is 18.8 Å². The average molecular weight is 331 g/mol. The van der Waals surface area contributed by atoms with Gasteiger partial charge in [-0.3, -0.25) is 4.99 Å². The standard InChI is InChI=1S/C17H38N4O2/c1-6-9-17(22,10-7-2)15-20-16(18-8-3)19-11-12-21(4)13-14-23-5/h22H,6-15H2,1-5H3,(H2,18,19,20). The Morgan fingerprint density at radius 3 is 2.30 bits per heavy atom. The van der Waals surface area contributed by atoms with E-state index >= 15 is 0 Å². The van der Waals surface area contributed by atoms with Crippen molar-refractivity contribution >= 4 is 5.96 Å². The number of guanidine groups is 1. The quantitative estimate of drug-likeness (QED) is 0.352. The van der Waals surface area contributed by atoms with Crippen LogP contribution in [0.4, 0.5) is 0 Å². The second kappa shape index (κ2) is 13.6. The lowest BCUT2D eigenvalue weighted by Crippen LogP contribution is -2.43. The van der Waals surface area contributed by atoms with Crippen LogP contribution in [0.3, 0.4) is 0 Å². The first kappa shape index (κ1) is 22.1. The van der Waals surface area contributed by atoms with Gasteiger partial charge < -0.3 is 25.4 Å². The first-order valence-electron chi connectivity index (χ1n) is 8.93. The van der Waals surface area contributed by atoms with Crippen LogP contribution >= 0.6 is 0 Å². The van der Waals surface area contributed by atoms with E-state index in [0.717, 1.165) is 64.4 Å². The molecule has 0 saturated carbocycles. The topological polar surface area (TPSA) is 69.1 Å². The maximum atomic E-state index is 10.7. The summed E-state index contributed by atoms with van der Waals surface area (Å²) in [5.74, 6) is 0.776. The lowest BCUT2D eigenvalue weighted by atomic mass is 9.93. The van der Waals surface area contributed by atoms with Crippen LogP contribution in [0.15, 0.2) is 4.99 Å². The van der Waals surface area contributed by atoms with Crippen LogP contribution < -0.4 is 10.6 Å². The number of nitrogens with zero attached hydrogens (tertiary/aromatic N) is 2. The van der Waals surface area contributed by atoms with Crippen molar-refractivity contribution in [2.24, 2.45) is 4.99 Å². The van der Waals surface area contributed by atoms with E-state index in [2.05, 4.69) is 41.4 Å². The molecule has 23 heavy (non-hydrogen) atoms. The van der Waals surface area contributed by atoms with Gasteiger partial charge in [-0.15, -0.1) is 0 Å². The molecule has 0 unspecified atom stereocenters. The third-order valence-corrected chi connectivity index (χ3v) is 3.77. The summed E-state index contributed by atoms with van der Waals surface area (Å²) in [6.45, 7) is 10.9. The number of aliphatic imine (C=N–C) groups is 1. The van der Waals surface area contributed by atoms with Crippen LogP contribution in [0.1, 0.15) is 46.5 Å². The summed E-state index contributed by atoms with van der Waals surface area (Å²) in [6, 6.07) is 0. The molecule has 0 atom stereocenters. The van der Waals surface area contributed by atoms with Gasteiger partial charge in [-0.05, 0) is 26.8 Å². The van der Waals surface area contributed by atoms with Crippen LogP contribution in [-0.4, -0.2) is 75.1 Å². The van der Waals surface area contributed by atoms with E-state index in [1.54, 1.807) is 7.11 Å². The molecular weight excluding hydrogens is 292 g/mol. The zero-order valence-corrected chi connectivity index (χ0v) is 15.8. The minimum Gasteiger partial charge on any atom is -0.388 e. The van der Waals surface area contributed by atoms with Crippen LogP contribution in [-0.2, 0) is 4.74 Å². The van der Waals surface area contributed by atoms with E-state index in [4.69, 9.17) is 4.74 Å². The summed E-state index contributed by atoms with van der Waals surface area (Å²) in [5, 5.41) is 17.2. The maximum absolute atomic E-state index is 10.7. The minimum absolute atomic E-state index is 0.448. The first-order valence-corrected chi connectivity index (χ1v) is 8.93. The molecule has 0 heterocycles. The van der Waals surface area contributed by atoms with Crippen molar-refractivity contribution in [1.29, 1.82) is 0 Å². The molecule has 0 aliphatic carbocycles. The molecule has 138 valence electrons. The molecule has 0 amide bonds. The normalized spacial score (nSPS) is 12.7. The number of hydrogen-bond acceptors (Lipinski definition) is 4. The predicted molar refractivity (Wildman–Crippen MR) is 98.1 cm³/mol. The van der Waals surface area contributed by atoms with Crippen LogP contribution in [0.2, 0.25) is 0 Å². The first-order chi connectivity index (χ1) is 11.0. The zero-order chi connectivity index (χ0) is 17.6. The molecule has 0 aromatic rings. The molecule has 6 heteroatoms. The smallest absolute Gasteiger partial charge is 0.191 e. The number of aliphatic hydroxyl groups is 1. The molecule has 0 aromatic heterocycles. The highest BCUT2D eigenvalue weighted by Gasteiger charge is 2.24. The Kier molecular flexibility index (Phi) is 13.1. The van der Waals surface area contributed by atoms with Gasteiger partial charge in [0, 0.05) is 33.3 Å². The molecular formula is C17H38N4O2. The fourth-order valence-corrected chi connectivity index (χ4v) is 2.51. The fourth-order valence-electron chi connectivity index (χ4n) is 2.51. The lowest BCUT2D eigenvalue weighted by molar-refractivity contribution is 0.0306. The molecule has 0 saturated heterocycles. The minimum atomic E-state index is -0.679. The van der Waals surface area contributed by atoms with Crippen LogP contribution in [0.5, 0.6) is 0 Å². The fraction of sp³-hybridized carbons (Fsp3) is 0.941. The van der Waals surface area contributed by atoms with E-state index in [-0.39, 0.29) is 0 Å². The summed E-state index contributed by atoms with van der Waals surface area (Å²) >= 11 is 0. The molecule has 6 nitrogen and oxygen atoms in total. The Balaban J connectivity index is 4.40. The highest BCUT2D eigenvalue weighted by Crippen LogP contribution is 2.19. The van der Waals surface area contributed by atoms with Crippen molar-refractivity contribution in [3.8, 4) is 0 Å². The summed E-state index contributed by atoms with van der Waals surface area (Å²) in [6.07, 6.45) is 3.54. The summed E-state index contributed by atoms with van der Waals surface area (Å²) in [7, 11) is 3.79. The Hall–Kier alpha value is -0.850. The second-order valence-electron chi connectivity index (χ2n) is 6.14. The highest BCUT2D eigenvalue weighted by atomic mass is 16.5. The van der Waals surface area contributed by atoms with Crippen LogP contribution in [0.25, 0.3) is 0 Å². The third-order valence-electron chi connectivity index (χ3n) is 3.77. The number of rotatable bonds is 13. The van der Waals surface area contributed by atoms with Crippen molar-refractivity contribution in [1.82, 2.24) is 15.5 Å². The van der Waals surface area contributed by atoms with Crippen molar-refractivity contribution < 1.29 is 9.84 Å². The highest BCUT2D eigenvalue weighted by molar-refractivity contribution is 5.79. The zero-order valence-electron chi connectivity index (χ0n) is 15.8. The lowest BCUT2D eigenvalue weighted by Gasteiger charge is -2.26. The predicted octanol–water partition coefficient (Wildman–Crippen LogP) is 1.45. The maximum Gasteiger partial charge on any atom is 0.191 e. The monoisotopic (exact) mass is 330 g/mol. The van der Waals surface area contributed by atoms with Crippen molar-refractivity contribution in [3.63, 3.8) is 0 Å². The number of hydrogen-bond donors (Lipinski definition) is 3. The largest absolute Gasteiger partial charge is 0.388 e. The molecule has 0 aliphatic rings. The summed E-state index contributed by atoms with van der Waals surface area (Å²) in [4.78, 5) is 6.80. The van der Waals surface area contributed by atoms with Gasteiger partial charge in [-0.2, -0.15) is 0 Å².